The number of carbonyl (C=O) groups is 2. The second-order valence-corrected chi connectivity index (χ2v) is 42.4. The van der Waals surface area contributed by atoms with Crippen molar-refractivity contribution in [3.05, 3.63) is 24.3 Å². The standard InChI is InChI=1S/C21H44O5Si4.C19H40.C17H36N2O5Si/c1-11-12-13-14-19-22-20-15-17-21(18-16-20)23-30(24-27(2,3)4,25-28(5,6)7)26-29(8,9)10;1-3-5-7-9-11-13-15-17-19-18-16-14-12-10-8-6-4-2;1-5-6-7-10-13-18-16(20)11-8-9-12-17(21)19-14-15-25(22-2,23-3)24-4/h15-18H,11-14,19H2,1-10H3;3-19H2,1-2H3;5-15H2,1-4H3,(H,18,20)(H,19,21). The van der Waals surface area contributed by atoms with Crippen LogP contribution in [0.15, 0.2) is 24.3 Å². The fourth-order valence-corrected chi connectivity index (χ4v) is 21.0. The van der Waals surface area contributed by atoms with Crippen LogP contribution >= 0.6 is 0 Å². The van der Waals surface area contributed by atoms with Gasteiger partial charge in [-0.1, -0.05) is 175 Å². The number of unbranched alkanes of at least 4 members (excludes halogenated alkanes) is 23. The van der Waals surface area contributed by atoms with Crippen LogP contribution in [-0.4, -0.2) is 95.6 Å². The minimum atomic E-state index is -3.36. The molecule has 0 radical (unpaired) electrons. The summed E-state index contributed by atoms with van der Waals surface area (Å²) in [4.78, 5) is 23.4. The third-order valence-corrected chi connectivity index (χ3v) is 25.5. The van der Waals surface area contributed by atoms with Crippen LogP contribution < -0.4 is 19.8 Å². The summed E-state index contributed by atoms with van der Waals surface area (Å²) in [5.41, 5.74) is 0. The van der Waals surface area contributed by atoms with Gasteiger partial charge in [-0.15, -0.1) is 0 Å². The summed E-state index contributed by atoms with van der Waals surface area (Å²) >= 11 is 0. The zero-order valence-corrected chi connectivity index (χ0v) is 56.2. The summed E-state index contributed by atoms with van der Waals surface area (Å²) in [6, 6.07) is 8.29. The maximum Gasteiger partial charge on any atom is 0.717 e. The molecule has 0 aliphatic carbocycles. The predicted molar refractivity (Wildman–Crippen MR) is 326 cm³/mol. The zero-order chi connectivity index (χ0) is 56.0. The van der Waals surface area contributed by atoms with Crippen molar-refractivity contribution in [2.24, 2.45) is 0 Å². The average molecular weight is 1130 g/mol. The Bertz CT molecular complexity index is 1380. The van der Waals surface area contributed by atoms with Crippen molar-refractivity contribution in [3.8, 4) is 11.5 Å². The largest absolute Gasteiger partial charge is 0.717 e. The molecule has 0 saturated heterocycles. The van der Waals surface area contributed by atoms with Gasteiger partial charge < -0.3 is 45.4 Å². The Hall–Kier alpha value is -1.40. The summed E-state index contributed by atoms with van der Waals surface area (Å²) in [5, 5.41) is 5.76. The molecule has 1 aromatic carbocycles. The third kappa shape index (κ3) is 47.8. The van der Waals surface area contributed by atoms with Crippen LogP contribution in [0, 0.1) is 0 Å². The van der Waals surface area contributed by atoms with Crippen LogP contribution in [-0.2, 0) is 35.2 Å². The van der Waals surface area contributed by atoms with Gasteiger partial charge in [0.25, 0.3) is 0 Å². The molecule has 0 saturated carbocycles. The van der Waals surface area contributed by atoms with Gasteiger partial charge in [0.1, 0.15) is 11.5 Å². The Morgan fingerprint density at radius 2 is 0.716 bits per heavy atom. The van der Waals surface area contributed by atoms with Crippen LogP contribution in [0.4, 0.5) is 0 Å². The smallest absolute Gasteiger partial charge is 0.494 e. The van der Waals surface area contributed by atoms with Gasteiger partial charge in [-0.2, -0.15) is 0 Å². The van der Waals surface area contributed by atoms with Crippen molar-refractivity contribution in [1.29, 1.82) is 0 Å². The number of rotatable bonds is 46. The molecule has 0 fully saturated rings. The number of amides is 2. The van der Waals surface area contributed by atoms with E-state index in [-0.39, 0.29) is 11.8 Å². The molecular weight excluding hydrogens is 1010 g/mol. The van der Waals surface area contributed by atoms with E-state index in [9.17, 15) is 9.59 Å². The first-order chi connectivity index (χ1) is 35.1. The Kier molecular flexibility index (Phi) is 46.9. The third-order valence-electron chi connectivity index (χ3n) is 11.9. The minimum Gasteiger partial charge on any atom is -0.494 e. The van der Waals surface area contributed by atoms with E-state index in [0.717, 1.165) is 44.6 Å². The summed E-state index contributed by atoms with van der Waals surface area (Å²) < 4.78 is 47.9. The molecule has 0 heterocycles. The lowest BCUT2D eigenvalue weighted by Crippen LogP contribution is -2.64. The van der Waals surface area contributed by atoms with E-state index in [1.54, 1.807) is 21.3 Å². The lowest BCUT2D eigenvalue weighted by molar-refractivity contribution is -0.123. The second-order valence-electron chi connectivity index (χ2n) is 22.9. The zero-order valence-electron chi connectivity index (χ0n) is 51.2. The molecule has 438 valence electrons. The maximum absolute atomic E-state index is 11.8. The van der Waals surface area contributed by atoms with Gasteiger partial charge in [-0.25, -0.2) is 0 Å². The summed E-state index contributed by atoms with van der Waals surface area (Å²) in [5.74, 6) is 1.61. The lowest BCUT2D eigenvalue weighted by atomic mass is 10.0. The highest BCUT2D eigenvalue weighted by molar-refractivity contribution is 6.88. The summed E-state index contributed by atoms with van der Waals surface area (Å²) in [6.45, 7) is 30.3. The number of nitrogens with one attached hydrogen (secondary N) is 2. The van der Waals surface area contributed by atoms with E-state index in [2.05, 4.69) is 97.3 Å². The molecule has 0 unspecified atom stereocenters. The highest BCUT2D eigenvalue weighted by atomic mass is 28.5. The van der Waals surface area contributed by atoms with Gasteiger partial charge in [-0.3, -0.25) is 9.59 Å². The SMILES string of the molecule is CCCCCCCCCCCCCCCCCCC.CCCCCCNC(=O)CCCCC(=O)NCC[Si](OC)(OC)OC.CCCCCCOc1ccc(O[Si](O[Si](C)(C)C)(O[Si](C)(C)C)O[Si](C)(C)C)cc1. The van der Waals surface area contributed by atoms with Crippen molar-refractivity contribution < 1.29 is 44.4 Å². The fraction of sp³-hybridized carbons (Fsp3) is 0.860. The topological polar surface area (TPSA) is 132 Å². The van der Waals surface area contributed by atoms with Crippen molar-refractivity contribution in [3.63, 3.8) is 0 Å². The molecule has 2 amide bonds. The molecule has 2 N–H and O–H groups in total. The van der Waals surface area contributed by atoms with E-state index in [1.807, 2.05) is 24.3 Å². The monoisotopic (exact) mass is 1130 g/mol. The maximum atomic E-state index is 11.8. The molecular formula is C57H120N2O10Si5. The Balaban J connectivity index is 0. The van der Waals surface area contributed by atoms with Gasteiger partial charge in [0, 0.05) is 53.3 Å². The highest BCUT2D eigenvalue weighted by Crippen LogP contribution is 2.30. The number of carbonyl (C=O) groups excluding carboxylic acids is 2. The van der Waals surface area contributed by atoms with E-state index >= 15 is 0 Å². The highest BCUT2D eigenvalue weighted by Gasteiger charge is 2.56. The molecule has 0 bridgehead atoms. The first-order valence-electron chi connectivity index (χ1n) is 29.8. The van der Waals surface area contributed by atoms with Gasteiger partial charge in [-0.05, 0) is 109 Å². The Morgan fingerprint density at radius 1 is 0.405 bits per heavy atom. The molecule has 0 aromatic heterocycles. The molecule has 1 rings (SSSR count). The van der Waals surface area contributed by atoms with Gasteiger partial charge in [0.05, 0.1) is 6.61 Å². The minimum absolute atomic E-state index is 0.0221. The van der Waals surface area contributed by atoms with Crippen molar-refractivity contribution in [2.75, 3.05) is 41.0 Å². The van der Waals surface area contributed by atoms with Crippen molar-refractivity contribution in [2.45, 2.75) is 279 Å². The molecule has 0 spiro atoms. The molecule has 74 heavy (non-hydrogen) atoms. The molecule has 12 nitrogen and oxygen atoms in total. The summed E-state index contributed by atoms with van der Waals surface area (Å²) in [7, 11) is -7.27. The number of benzene rings is 1. The lowest BCUT2D eigenvalue weighted by Gasteiger charge is -2.40. The Labute approximate surface area is 463 Å². The molecule has 0 atom stereocenters. The van der Waals surface area contributed by atoms with Crippen molar-refractivity contribution >= 4 is 54.6 Å². The number of hydrogen-bond acceptors (Lipinski definition) is 10. The van der Waals surface area contributed by atoms with Crippen LogP contribution in [0.5, 0.6) is 11.5 Å². The van der Waals surface area contributed by atoms with Crippen molar-refractivity contribution in [1.82, 2.24) is 10.6 Å². The normalized spacial score (nSPS) is 12.1. The second kappa shape index (κ2) is 46.5. The number of ether oxygens (including phenoxy) is 1. The van der Waals surface area contributed by atoms with E-state index in [1.165, 1.54) is 141 Å². The van der Waals surface area contributed by atoms with Gasteiger partial charge in [0.2, 0.25) is 11.8 Å². The molecule has 1 aromatic rings. The molecule has 0 aliphatic heterocycles. The van der Waals surface area contributed by atoms with E-state index in [4.69, 9.17) is 34.8 Å². The van der Waals surface area contributed by atoms with Crippen LogP contribution in [0.3, 0.4) is 0 Å². The van der Waals surface area contributed by atoms with Crippen LogP contribution in [0.2, 0.25) is 65.0 Å². The Morgan fingerprint density at radius 3 is 1.05 bits per heavy atom. The van der Waals surface area contributed by atoms with Gasteiger partial charge >= 0.3 is 17.9 Å². The average Bonchev–Trinajstić information content (AvgIpc) is 3.32. The first-order valence-corrected chi connectivity index (χ1v) is 43.6. The van der Waals surface area contributed by atoms with Crippen LogP contribution in [0.1, 0.15) is 214 Å². The van der Waals surface area contributed by atoms with Crippen LogP contribution in [0.25, 0.3) is 0 Å². The van der Waals surface area contributed by atoms with E-state index < -0.39 is 42.8 Å². The fourth-order valence-electron chi connectivity index (χ4n) is 7.95. The molecule has 0 aliphatic rings. The van der Waals surface area contributed by atoms with E-state index in [0.29, 0.717) is 37.6 Å². The predicted octanol–water partition coefficient (Wildman–Crippen LogP) is 16.9. The summed E-state index contributed by atoms with van der Waals surface area (Å²) in [6.07, 6.45) is 36.6. The number of hydrogen-bond donors (Lipinski definition) is 2. The molecule has 17 heteroatoms. The quantitative estimate of drug-likeness (QED) is 0.0480. The van der Waals surface area contributed by atoms with Gasteiger partial charge in [0.15, 0.2) is 25.0 Å². The first kappa shape index (κ1) is 74.7.